The number of halogens is 5. The summed E-state index contributed by atoms with van der Waals surface area (Å²) in [6.07, 6.45) is -6.63. The third-order valence-corrected chi connectivity index (χ3v) is 2.86. The Morgan fingerprint density at radius 3 is 2.52 bits per heavy atom. The Labute approximate surface area is 120 Å². The van der Waals surface area contributed by atoms with Crippen molar-refractivity contribution in [2.75, 3.05) is 19.8 Å². The van der Waals surface area contributed by atoms with Gasteiger partial charge in [0.1, 0.15) is 6.61 Å². The fourth-order valence-corrected chi connectivity index (χ4v) is 1.94. The molecule has 1 rings (SSSR count). The molecule has 1 atom stereocenters. The van der Waals surface area contributed by atoms with Gasteiger partial charge in [-0.1, -0.05) is 19.1 Å². The predicted molar refractivity (Wildman–Crippen MR) is 69.3 cm³/mol. The molecule has 7 heteroatoms. The zero-order valence-electron chi connectivity index (χ0n) is 11.6. The molecule has 0 saturated carbocycles. The molecule has 1 unspecified atom stereocenters. The summed E-state index contributed by atoms with van der Waals surface area (Å²) in [5, 5.41) is 3.03. The summed E-state index contributed by atoms with van der Waals surface area (Å²) in [4.78, 5) is 0. The highest BCUT2D eigenvalue weighted by molar-refractivity contribution is 5.28. The molecule has 0 saturated heterocycles. The van der Waals surface area contributed by atoms with E-state index in [1.54, 1.807) is 6.07 Å². The predicted octanol–water partition coefficient (Wildman–Crippen LogP) is 4.03. The molecule has 0 bridgehead atoms. The maximum absolute atomic E-state index is 12.7. The molecular weight excluding hydrogens is 293 g/mol. The highest BCUT2D eigenvalue weighted by atomic mass is 19.4. The first kappa shape index (κ1) is 17.8. The molecule has 0 radical (unpaired) electrons. The van der Waals surface area contributed by atoms with Gasteiger partial charge in [0, 0.05) is 12.6 Å². The molecule has 0 fully saturated rings. The zero-order chi connectivity index (χ0) is 15.9. The van der Waals surface area contributed by atoms with Crippen molar-refractivity contribution in [1.82, 2.24) is 5.32 Å². The zero-order valence-corrected chi connectivity index (χ0v) is 11.6. The van der Waals surface area contributed by atoms with E-state index in [2.05, 4.69) is 5.32 Å². The molecule has 1 N–H and O–H groups in total. The molecule has 1 aromatic rings. The molecule has 0 aromatic heterocycles. The third kappa shape index (κ3) is 6.39. The van der Waals surface area contributed by atoms with Gasteiger partial charge in [-0.2, -0.15) is 13.2 Å². The first-order valence-corrected chi connectivity index (χ1v) is 6.61. The van der Waals surface area contributed by atoms with Crippen LogP contribution in [0.25, 0.3) is 0 Å². The van der Waals surface area contributed by atoms with Crippen molar-refractivity contribution in [2.45, 2.75) is 32.0 Å². The highest BCUT2D eigenvalue weighted by Crippen LogP contribution is 2.31. The Morgan fingerprint density at radius 2 is 1.95 bits per heavy atom. The van der Waals surface area contributed by atoms with Crippen molar-refractivity contribution in [3.05, 3.63) is 35.4 Å². The molecule has 2 nitrogen and oxygen atoms in total. The first-order chi connectivity index (χ1) is 9.84. The molecular formula is C14H18F5NO. The van der Waals surface area contributed by atoms with Gasteiger partial charge in [-0.05, 0) is 30.7 Å². The second-order valence-corrected chi connectivity index (χ2v) is 4.49. The summed E-state index contributed by atoms with van der Waals surface area (Å²) in [6.45, 7) is 1.76. The monoisotopic (exact) mass is 311 g/mol. The maximum atomic E-state index is 12.7. The minimum Gasteiger partial charge on any atom is -0.375 e. The van der Waals surface area contributed by atoms with Crippen LogP contribution in [0.15, 0.2) is 24.3 Å². The second-order valence-electron chi connectivity index (χ2n) is 4.49. The number of alkyl halides is 5. The van der Waals surface area contributed by atoms with E-state index in [4.69, 9.17) is 4.74 Å². The molecule has 0 spiro atoms. The molecule has 0 heterocycles. The lowest BCUT2D eigenvalue weighted by Gasteiger charge is -2.19. The quantitative estimate of drug-likeness (QED) is 0.578. The molecule has 120 valence electrons. The van der Waals surface area contributed by atoms with Gasteiger partial charge >= 0.3 is 6.18 Å². The fourth-order valence-electron chi connectivity index (χ4n) is 1.94. The lowest BCUT2D eigenvalue weighted by Crippen LogP contribution is -2.23. The van der Waals surface area contributed by atoms with Crippen molar-refractivity contribution < 1.29 is 26.7 Å². The number of hydrogen-bond donors (Lipinski definition) is 1. The van der Waals surface area contributed by atoms with Crippen LogP contribution in [-0.4, -0.2) is 26.2 Å². The summed E-state index contributed by atoms with van der Waals surface area (Å²) >= 11 is 0. The van der Waals surface area contributed by atoms with Crippen molar-refractivity contribution in [3.8, 4) is 0 Å². The molecule has 1 aromatic carbocycles. The minimum absolute atomic E-state index is 0.0538. The lowest BCUT2D eigenvalue weighted by molar-refractivity contribution is -0.137. The summed E-state index contributed by atoms with van der Waals surface area (Å²) in [5.74, 6) is 0. The number of hydrogen-bond acceptors (Lipinski definition) is 2. The van der Waals surface area contributed by atoms with Gasteiger partial charge in [-0.3, -0.25) is 0 Å². The first-order valence-electron chi connectivity index (χ1n) is 6.61. The Balaban J connectivity index is 2.71. The summed E-state index contributed by atoms with van der Waals surface area (Å²) in [6, 6.07) is 4.62. The van der Waals surface area contributed by atoms with E-state index in [0.29, 0.717) is 18.5 Å². The van der Waals surface area contributed by atoms with Crippen LogP contribution in [0.4, 0.5) is 22.0 Å². The van der Waals surface area contributed by atoms with Crippen molar-refractivity contribution in [1.29, 1.82) is 0 Å². The molecule has 0 aliphatic heterocycles. The van der Waals surface area contributed by atoms with Crippen LogP contribution in [-0.2, 0) is 10.9 Å². The van der Waals surface area contributed by atoms with Gasteiger partial charge in [-0.15, -0.1) is 0 Å². The maximum Gasteiger partial charge on any atom is 0.416 e. The largest absolute Gasteiger partial charge is 0.416 e. The number of nitrogens with one attached hydrogen (secondary N) is 1. The normalized spacial score (nSPS) is 13.7. The Morgan fingerprint density at radius 1 is 1.24 bits per heavy atom. The van der Waals surface area contributed by atoms with Crippen molar-refractivity contribution in [2.24, 2.45) is 0 Å². The van der Waals surface area contributed by atoms with E-state index in [1.165, 1.54) is 6.07 Å². The van der Waals surface area contributed by atoms with Gasteiger partial charge in [0.2, 0.25) is 0 Å². The summed E-state index contributed by atoms with van der Waals surface area (Å²) < 4.78 is 66.7. The average molecular weight is 311 g/mol. The Bertz CT molecular complexity index is 422. The smallest absolute Gasteiger partial charge is 0.375 e. The van der Waals surface area contributed by atoms with Gasteiger partial charge < -0.3 is 10.1 Å². The topological polar surface area (TPSA) is 21.3 Å². The summed E-state index contributed by atoms with van der Waals surface area (Å²) in [7, 11) is 0. The number of benzene rings is 1. The van der Waals surface area contributed by atoms with E-state index >= 15 is 0 Å². The van der Waals surface area contributed by atoms with Crippen LogP contribution in [0, 0.1) is 0 Å². The van der Waals surface area contributed by atoms with Crippen LogP contribution < -0.4 is 5.32 Å². The van der Waals surface area contributed by atoms with Gasteiger partial charge in [-0.25, -0.2) is 8.78 Å². The SMILES string of the molecule is CCNC(CCOCC(F)F)c1cccc(C(F)(F)F)c1. The molecule has 0 aliphatic rings. The molecule has 0 amide bonds. The van der Waals surface area contributed by atoms with Crippen LogP contribution >= 0.6 is 0 Å². The van der Waals surface area contributed by atoms with E-state index in [1.807, 2.05) is 6.92 Å². The van der Waals surface area contributed by atoms with E-state index in [9.17, 15) is 22.0 Å². The van der Waals surface area contributed by atoms with Crippen LogP contribution in [0.5, 0.6) is 0 Å². The Kier molecular flexibility index (Phi) is 7.04. The van der Waals surface area contributed by atoms with Crippen LogP contribution in [0.1, 0.15) is 30.5 Å². The molecule has 0 aliphatic carbocycles. The van der Waals surface area contributed by atoms with Crippen molar-refractivity contribution >= 4 is 0 Å². The summed E-state index contributed by atoms with van der Waals surface area (Å²) in [5.41, 5.74) is -0.260. The van der Waals surface area contributed by atoms with Gasteiger partial charge in [0.25, 0.3) is 6.43 Å². The van der Waals surface area contributed by atoms with Gasteiger partial charge in [0.15, 0.2) is 0 Å². The highest BCUT2D eigenvalue weighted by Gasteiger charge is 2.30. The second kappa shape index (κ2) is 8.29. The van der Waals surface area contributed by atoms with E-state index < -0.39 is 24.8 Å². The van der Waals surface area contributed by atoms with Crippen LogP contribution in [0.2, 0.25) is 0 Å². The third-order valence-electron chi connectivity index (χ3n) is 2.86. The lowest BCUT2D eigenvalue weighted by atomic mass is 10.0. The van der Waals surface area contributed by atoms with Gasteiger partial charge in [0.05, 0.1) is 5.56 Å². The number of rotatable bonds is 8. The van der Waals surface area contributed by atoms with E-state index in [0.717, 1.165) is 12.1 Å². The van der Waals surface area contributed by atoms with E-state index in [-0.39, 0.29) is 12.6 Å². The van der Waals surface area contributed by atoms with Crippen molar-refractivity contribution in [3.63, 3.8) is 0 Å². The molecule has 21 heavy (non-hydrogen) atoms. The average Bonchev–Trinajstić information content (AvgIpc) is 2.41. The fraction of sp³-hybridized carbons (Fsp3) is 0.571. The standard InChI is InChI=1S/C14H18F5NO/c1-2-20-12(6-7-21-9-13(15)16)10-4-3-5-11(8-10)14(17,18)19/h3-5,8,12-13,20H,2,6-7,9H2,1H3. The number of ether oxygens (including phenoxy) is 1. The minimum atomic E-state index is -4.40. The Hall–Kier alpha value is -1.21. The van der Waals surface area contributed by atoms with Crippen LogP contribution in [0.3, 0.4) is 0 Å².